The Balaban J connectivity index is 2.07. The molecule has 0 atom stereocenters. The molecule has 0 amide bonds. The topological polar surface area (TPSA) is 28.2 Å². The van der Waals surface area contributed by atoms with E-state index in [1.165, 1.54) is 28.5 Å². The number of nitrogens with one attached hydrogen (secondary N) is 1. The predicted octanol–water partition coefficient (Wildman–Crippen LogP) is 3.61. The van der Waals surface area contributed by atoms with E-state index < -0.39 is 0 Å². The molecule has 0 unspecified atom stereocenters. The van der Waals surface area contributed by atoms with Gasteiger partial charge in [-0.15, -0.1) is 11.3 Å². The number of hydrogen-bond donors (Lipinski definition) is 1. The van der Waals surface area contributed by atoms with Gasteiger partial charge < -0.3 is 10.2 Å². The van der Waals surface area contributed by atoms with E-state index in [0.717, 1.165) is 32.1 Å². The Bertz CT molecular complexity index is 392. The third-order valence-corrected chi connectivity index (χ3v) is 4.68. The smallest absolute Gasteiger partial charge is 0.185 e. The highest BCUT2D eigenvalue weighted by Crippen LogP contribution is 2.44. The largest absolute Gasteiger partial charge is 0.349 e. The van der Waals surface area contributed by atoms with E-state index >= 15 is 0 Å². The summed E-state index contributed by atoms with van der Waals surface area (Å²) in [7, 11) is 0. The first-order valence-corrected chi connectivity index (χ1v) is 8.42. The number of rotatable bonds is 8. The average Bonchev–Trinajstić information content (AvgIpc) is 3.13. The minimum Gasteiger partial charge on any atom is -0.349 e. The molecule has 1 saturated carbocycles. The van der Waals surface area contributed by atoms with Gasteiger partial charge in [0.1, 0.15) is 0 Å². The van der Waals surface area contributed by atoms with Crippen molar-refractivity contribution in [2.45, 2.75) is 53.0 Å². The normalized spacial score (nSPS) is 15.2. The van der Waals surface area contributed by atoms with E-state index in [-0.39, 0.29) is 0 Å². The summed E-state index contributed by atoms with van der Waals surface area (Å²) < 4.78 is 0. The summed E-state index contributed by atoms with van der Waals surface area (Å²) in [6, 6.07) is 0. The SMILES string of the molecule is CCN(CC)c1nc(C2CC2)c(CNCC(C)C)s1. The molecule has 1 heterocycles. The maximum absolute atomic E-state index is 4.92. The van der Waals surface area contributed by atoms with Crippen molar-refractivity contribution in [1.29, 1.82) is 0 Å². The van der Waals surface area contributed by atoms with E-state index in [2.05, 4.69) is 37.9 Å². The molecule has 1 aromatic heterocycles. The summed E-state index contributed by atoms with van der Waals surface area (Å²) in [5.41, 5.74) is 1.38. The highest BCUT2D eigenvalue weighted by Gasteiger charge is 2.30. The highest BCUT2D eigenvalue weighted by atomic mass is 32.1. The summed E-state index contributed by atoms with van der Waals surface area (Å²) in [6.07, 6.45) is 2.66. The molecule has 0 spiro atoms. The van der Waals surface area contributed by atoms with Gasteiger partial charge in [0.15, 0.2) is 5.13 Å². The van der Waals surface area contributed by atoms with Gasteiger partial charge in [-0.3, -0.25) is 0 Å². The van der Waals surface area contributed by atoms with Crippen LogP contribution in [0.3, 0.4) is 0 Å². The lowest BCUT2D eigenvalue weighted by molar-refractivity contribution is 0.553. The van der Waals surface area contributed by atoms with Crippen molar-refractivity contribution < 1.29 is 0 Å². The summed E-state index contributed by atoms with van der Waals surface area (Å²) in [5, 5.41) is 4.78. The van der Waals surface area contributed by atoms with Crippen molar-refractivity contribution in [3.8, 4) is 0 Å². The van der Waals surface area contributed by atoms with Gasteiger partial charge in [-0.1, -0.05) is 13.8 Å². The molecule has 0 aliphatic heterocycles. The van der Waals surface area contributed by atoms with E-state index in [0.29, 0.717) is 5.92 Å². The van der Waals surface area contributed by atoms with E-state index in [1.54, 1.807) is 0 Å². The Hall–Kier alpha value is -0.610. The van der Waals surface area contributed by atoms with Crippen LogP contribution in [0.2, 0.25) is 0 Å². The maximum Gasteiger partial charge on any atom is 0.185 e. The molecule has 4 heteroatoms. The van der Waals surface area contributed by atoms with Crippen LogP contribution in [0.4, 0.5) is 5.13 Å². The first-order valence-electron chi connectivity index (χ1n) is 7.60. The Labute approximate surface area is 121 Å². The Kier molecular flexibility index (Phi) is 5.22. The van der Waals surface area contributed by atoms with Crippen LogP contribution in [-0.4, -0.2) is 24.6 Å². The second-order valence-corrected chi connectivity index (χ2v) is 6.84. The molecule has 1 N–H and O–H groups in total. The molecule has 19 heavy (non-hydrogen) atoms. The maximum atomic E-state index is 4.92. The highest BCUT2D eigenvalue weighted by molar-refractivity contribution is 7.15. The molecule has 3 nitrogen and oxygen atoms in total. The van der Waals surface area contributed by atoms with E-state index in [9.17, 15) is 0 Å². The molecular formula is C15H27N3S. The molecule has 0 radical (unpaired) electrons. The van der Waals surface area contributed by atoms with E-state index in [1.807, 2.05) is 11.3 Å². The first kappa shape index (κ1) is 14.8. The van der Waals surface area contributed by atoms with Crippen molar-refractivity contribution in [2.24, 2.45) is 5.92 Å². The van der Waals surface area contributed by atoms with Gasteiger partial charge >= 0.3 is 0 Å². The summed E-state index contributed by atoms with van der Waals surface area (Å²) >= 11 is 1.89. The molecule has 0 aromatic carbocycles. The Morgan fingerprint density at radius 3 is 2.53 bits per heavy atom. The van der Waals surface area contributed by atoms with Gasteiger partial charge in [-0.2, -0.15) is 0 Å². The molecule has 0 saturated heterocycles. The van der Waals surface area contributed by atoms with Crippen molar-refractivity contribution in [2.75, 3.05) is 24.5 Å². The third kappa shape index (κ3) is 3.93. The monoisotopic (exact) mass is 281 g/mol. The van der Waals surface area contributed by atoms with Crippen molar-refractivity contribution in [3.05, 3.63) is 10.6 Å². The molecule has 1 fully saturated rings. The van der Waals surface area contributed by atoms with Gasteiger partial charge in [-0.25, -0.2) is 4.98 Å². The van der Waals surface area contributed by atoms with Gasteiger partial charge in [0.05, 0.1) is 5.69 Å². The van der Waals surface area contributed by atoms with Crippen LogP contribution in [0.15, 0.2) is 0 Å². The Morgan fingerprint density at radius 1 is 1.32 bits per heavy atom. The van der Waals surface area contributed by atoms with Gasteiger partial charge in [-0.05, 0) is 39.2 Å². The number of aromatic nitrogens is 1. The van der Waals surface area contributed by atoms with Crippen LogP contribution in [0.5, 0.6) is 0 Å². The number of hydrogen-bond acceptors (Lipinski definition) is 4. The fraction of sp³-hybridized carbons (Fsp3) is 0.800. The van der Waals surface area contributed by atoms with Crippen LogP contribution in [0, 0.1) is 5.92 Å². The summed E-state index contributed by atoms with van der Waals surface area (Å²) in [4.78, 5) is 8.74. The van der Waals surface area contributed by atoms with Crippen LogP contribution >= 0.6 is 11.3 Å². The molecule has 108 valence electrons. The average molecular weight is 281 g/mol. The second-order valence-electron chi connectivity index (χ2n) is 5.78. The minimum atomic E-state index is 0.708. The molecular weight excluding hydrogens is 254 g/mol. The molecule has 1 aliphatic rings. The first-order chi connectivity index (χ1) is 9.15. The molecule has 1 aromatic rings. The number of nitrogens with zero attached hydrogens (tertiary/aromatic N) is 2. The summed E-state index contributed by atoms with van der Waals surface area (Å²) in [6.45, 7) is 13.1. The zero-order valence-corrected chi connectivity index (χ0v) is 13.5. The zero-order chi connectivity index (χ0) is 13.8. The lowest BCUT2D eigenvalue weighted by Crippen LogP contribution is -2.21. The fourth-order valence-corrected chi connectivity index (χ4v) is 3.50. The van der Waals surface area contributed by atoms with Crippen LogP contribution in [0.1, 0.15) is 57.0 Å². The number of thiazole rings is 1. The van der Waals surface area contributed by atoms with Crippen LogP contribution in [-0.2, 0) is 6.54 Å². The van der Waals surface area contributed by atoms with Crippen molar-refractivity contribution in [3.63, 3.8) is 0 Å². The third-order valence-electron chi connectivity index (χ3n) is 3.55. The van der Waals surface area contributed by atoms with Crippen molar-refractivity contribution >= 4 is 16.5 Å². The molecule has 0 bridgehead atoms. The zero-order valence-electron chi connectivity index (χ0n) is 12.7. The van der Waals surface area contributed by atoms with E-state index in [4.69, 9.17) is 4.98 Å². The Morgan fingerprint density at radius 2 is 2.00 bits per heavy atom. The van der Waals surface area contributed by atoms with Gasteiger partial charge in [0.2, 0.25) is 0 Å². The van der Waals surface area contributed by atoms with Gasteiger partial charge in [0.25, 0.3) is 0 Å². The molecule has 1 aliphatic carbocycles. The fourth-order valence-electron chi connectivity index (χ4n) is 2.26. The predicted molar refractivity (Wildman–Crippen MR) is 84.2 cm³/mol. The number of anilines is 1. The second kappa shape index (κ2) is 6.71. The van der Waals surface area contributed by atoms with Crippen molar-refractivity contribution in [1.82, 2.24) is 10.3 Å². The standard InChI is InChI=1S/C15H27N3S/c1-5-18(6-2)15-17-14(12-7-8-12)13(19-15)10-16-9-11(3)4/h11-12,16H,5-10H2,1-4H3. The van der Waals surface area contributed by atoms with Gasteiger partial charge in [0, 0.05) is 30.4 Å². The summed E-state index contributed by atoms with van der Waals surface area (Å²) in [5.74, 6) is 1.45. The lowest BCUT2D eigenvalue weighted by atomic mass is 10.2. The van der Waals surface area contributed by atoms with Crippen LogP contribution < -0.4 is 10.2 Å². The van der Waals surface area contributed by atoms with Crippen LogP contribution in [0.25, 0.3) is 0 Å². The quantitative estimate of drug-likeness (QED) is 0.789. The molecule has 2 rings (SSSR count). The lowest BCUT2D eigenvalue weighted by Gasteiger charge is -2.16. The minimum absolute atomic E-state index is 0.708.